The molecule has 0 aliphatic rings. The van der Waals surface area contributed by atoms with Crippen molar-refractivity contribution < 1.29 is 14.3 Å². The number of benzene rings is 2. The van der Waals surface area contributed by atoms with Crippen LogP contribution in [-0.2, 0) is 0 Å². The van der Waals surface area contributed by atoms with E-state index in [0.717, 1.165) is 23.6 Å². The minimum Gasteiger partial charge on any atom is -0.494 e. The van der Waals surface area contributed by atoms with Crippen LogP contribution in [0.2, 0.25) is 0 Å². The van der Waals surface area contributed by atoms with Crippen LogP contribution in [0.1, 0.15) is 44.5 Å². The predicted octanol–water partition coefficient (Wildman–Crippen LogP) is 5.40. The van der Waals surface area contributed by atoms with Gasteiger partial charge in [-0.25, -0.2) is 0 Å². The standard InChI is InChI=1S/C22H29NO3/c1-16(2)12-13-25-21-7-5-6-18(14-21)22(24)23-19-8-10-20(11-9-19)26-15-17(3)4/h5-11,14,16-17H,12-13,15H2,1-4H3,(H,23,24). The van der Waals surface area contributed by atoms with Crippen molar-refractivity contribution in [2.45, 2.75) is 34.1 Å². The van der Waals surface area contributed by atoms with Crippen LogP contribution < -0.4 is 14.8 Å². The van der Waals surface area contributed by atoms with E-state index < -0.39 is 0 Å². The van der Waals surface area contributed by atoms with Crippen LogP contribution in [0, 0.1) is 11.8 Å². The van der Waals surface area contributed by atoms with Gasteiger partial charge in [0.05, 0.1) is 13.2 Å². The highest BCUT2D eigenvalue weighted by Crippen LogP contribution is 2.19. The van der Waals surface area contributed by atoms with Crippen LogP contribution in [-0.4, -0.2) is 19.1 Å². The minimum absolute atomic E-state index is 0.157. The minimum atomic E-state index is -0.157. The zero-order valence-electron chi connectivity index (χ0n) is 16.1. The van der Waals surface area contributed by atoms with Crippen molar-refractivity contribution in [1.82, 2.24) is 0 Å². The first-order valence-electron chi connectivity index (χ1n) is 9.21. The third kappa shape index (κ3) is 6.79. The first kappa shape index (κ1) is 19.8. The molecule has 140 valence electrons. The smallest absolute Gasteiger partial charge is 0.255 e. The molecular formula is C22H29NO3. The summed E-state index contributed by atoms with van der Waals surface area (Å²) in [6.45, 7) is 9.86. The number of ether oxygens (including phenoxy) is 2. The third-order valence-electron chi connectivity index (χ3n) is 3.76. The zero-order chi connectivity index (χ0) is 18.9. The summed E-state index contributed by atoms with van der Waals surface area (Å²) in [4.78, 5) is 12.5. The van der Waals surface area contributed by atoms with Crippen LogP contribution in [0.5, 0.6) is 11.5 Å². The van der Waals surface area contributed by atoms with Gasteiger partial charge < -0.3 is 14.8 Å². The van der Waals surface area contributed by atoms with Crippen LogP contribution in [0.3, 0.4) is 0 Å². The molecule has 0 saturated carbocycles. The monoisotopic (exact) mass is 355 g/mol. The topological polar surface area (TPSA) is 47.6 Å². The molecule has 1 N–H and O–H groups in total. The summed E-state index contributed by atoms with van der Waals surface area (Å²) < 4.78 is 11.4. The number of hydrogen-bond acceptors (Lipinski definition) is 3. The molecule has 1 amide bonds. The Balaban J connectivity index is 1.92. The molecule has 0 unspecified atom stereocenters. The summed E-state index contributed by atoms with van der Waals surface area (Å²) in [5, 5.41) is 2.90. The lowest BCUT2D eigenvalue weighted by molar-refractivity contribution is 0.102. The molecule has 2 aromatic carbocycles. The second kappa shape index (κ2) is 9.85. The van der Waals surface area contributed by atoms with E-state index in [4.69, 9.17) is 9.47 Å². The molecule has 0 aromatic heterocycles. The van der Waals surface area contributed by atoms with E-state index in [0.29, 0.717) is 30.6 Å². The van der Waals surface area contributed by atoms with Crippen molar-refractivity contribution in [2.75, 3.05) is 18.5 Å². The van der Waals surface area contributed by atoms with E-state index in [1.165, 1.54) is 0 Å². The molecule has 0 bridgehead atoms. The zero-order valence-corrected chi connectivity index (χ0v) is 16.1. The molecule has 0 spiro atoms. The van der Waals surface area contributed by atoms with Crippen molar-refractivity contribution in [2.24, 2.45) is 11.8 Å². The van der Waals surface area contributed by atoms with E-state index in [-0.39, 0.29) is 5.91 Å². The van der Waals surface area contributed by atoms with E-state index in [1.807, 2.05) is 36.4 Å². The first-order chi connectivity index (χ1) is 12.4. The molecule has 4 nitrogen and oxygen atoms in total. The molecule has 0 atom stereocenters. The van der Waals surface area contributed by atoms with E-state index in [2.05, 4.69) is 33.0 Å². The molecule has 0 heterocycles. The number of carbonyl (C=O) groups is 1. The fourth-order valence-corrected chi connectivity index (χ4v) is 2.24. The lowest BCUT2D eigenvalue weighted by atomic mass is 10.1. The van der Waals surface area contributed by atoms with Crippen molar-refractivity contribution in [3.63, 3.8) is 0 Å². The van der Waals surface area contributed by atoms with Crippen LogP contribution >= 0.6 is 0 Å². The summed E-state index contributed by atoms with van der Waals surface area (Å²) in [5.74, 6) is 2.43. The van der Waals surface area contributed by atoms with Gasteiger partial charge in [-0.3, -0.25) is 4.79 Å². The van der Waals surface area contributed by atoms with Gasteiger partial charge in [-0.15, -0.1) is 0 Å². The number of amides is 1. The Labute approximate surface area is 156 Å². The van der Waals surface area contributed by atoms with Crippen LogP contribution in [0.15, 0.2) is 48.5 Å². The molecule has 0 radical (unpaired) electrons. The second-order valence-corrected chi connectivity index (χ2v) is 7.24. The lowest BCUT2D eigenvalue weighted by Gasteiger charge is -2.11. The average Bonchev–Trinajstić information content (AvgIpc) is 2.61. The van der Waals surface area contributed by atoms with Gasteiger partial charge in [-0.2, -0.15) is 0 Å². The quantitative estimate of drug-likeness (QED) is 0.655. The van der Waals surface area contributed by atoms with Crippen molar-refractivity contribution in [3.05, 3.63) is 54.1 Å². The van der Waals surface area contributed by atoms with E-state index in [1.54, 1.807) is 12.1 Å². The van der Waals surface area contributed by atoms with Gasteiger partial charge in [0.1, 0.15) is 11.5 Å². The molecule has 0 aliphatic carbocycles. The van der Waals surface area contributed by atoms with E-state index in [9.17, 15) is 4.79 Å². The summed E-state index contributed by atoms with van der Waals surface area (Å²) in [6, 6.07) is 14.7. The molecule has 0 aliphatic heterocycles. The maximum absolute atomic E-state index is 12.5. The Kier molecular flexibility index (Phi) is 7.52. The van der Waals surface area contributed by atoms with E-state index >= 15 is 0 Å². The van der Waals surface area contributed by atoms with Gasteiger partial charge in [-0.05, 0) is 60.7 Å². The summed E-state index contributed by atoms with van der Waals surface area (Å²) >= 11 is 0. The lowest BCUT2D eigenvalue weighted by Crippen LogP contribution is -2.12. The highest BCUT2D eigenvalue weighted by atomic mass is 16.5. The van der Waals surface area contributed by atoms with Gasteiger partial charge in [0.15, 0.2) is 0 Å². The highest BCUT2D eigenvalue weighted by Gasteiger charge is 2.08. The highest BCUT2D eigenvalue weighted by molar-refractivity contribution is 6.04. The van der Waals surface area contributed by atoms with Gasteiger partial charge in [0.2, 0.25) is 0 Å². The molecular weight excluding hydrogens is 326 g/mol. The summed E-state index contributed by atoms with van der Waals surface area (Å²) in [6.07, 6.45) is 0.988. The van der Waals surface area contributed by atoms with Crippen molar-refractivity contribution in [1.29, 1.82) is 0 Å². The number of nitrogens with one attached hydrogen (secondary N) is 1. The average molecular weight is 355 g/mol. The maximum Gasteiger partial charge on any atom is 0.255 e. The molecule has 2 rings (SSSR count). The second-order valence-electron chi connectivity index (χ2n) is 7.24. The van der Waals surface area contributed by atoms with Crippen molar-refractivity contribution >= 4 is 11.6 Å². The van der Waals surface area contributed by atoms with Gasteiger partial charge in [0, 0.05) is 11.3 Å². The number of carbonyl (C=O) groups excluding carboxylic acids is 1. The maximum atomic E-state index is 12.5. The molecule has 26 heavy (non-hydrogen) atoms. The summed E-state index contributed by atoms with van der Waals surface area (Å²) in [5.41, 5.74) is 1.31. The first-order valence-corrected chi connectivity index (χ1v) is 9.21. The Morgan fingerprint density at radius 1 is 0.923 bits per heavy atom. The fourth-order valence-electron chi connectivity index (χ4n) is 2.24. The molecule has 4 heteroatoms. The molecule has 0 saturated heterocycles. The van der Waals surface area contributed by atoms with Crippen LogP contribution in [0.25, 0.3) is 0 Å². The molecule has 0 fully saturated rings. The SMILES string of the molecule is CC(C)CCOc1cccc(C(=O)Nc2ccc(OCC(C)C)cc2)c1. The van der Waals surface area contributed by atoms with Gasteiger partial charge in [0.25, 0.3) is 5.91 Å². The Bertz CT molecular complexity index is 693. The Hall–Kier alpha value is -2.49. The van der Waals surface area contributed by atoms with Gasteiger partial charge in [-0.1, -0.05) is 33.8 Å². The largest absolute Gasteiger partial charge is 0.494 e. The molecule has 2 aromatic rings. The fraction of sp³-hybridized carbons (Fsp3) is 0.409. The van der Waals surface area contributed by atoms with Gasteiger partial charge >= 0.3 is 0 Å². The number of anilines is 1. The number of hydrogen-bond donors (Lipinski definition) is 1. The number of rotatable bonds is 9. The summed E-state index contributed by atoms with van der Waals surface area (Å²) in [7, 11) is 0. The predicted molar refractivity (Wildman–Crippen MR) is 106 cm³/mol. The van der Waals surface area contributed by atoms with Crippen LogP contribution in [0.4, 0.5) is 5.69 Å². The normalized spacial score (nSPS) is 10.8. The Morgan fingerprint density at radius 2 is 1.65 bits per heavy atom. The Morgan fingerprint density at radius 3 is 2.31 bits per heavy atom. The van der Waals surface area contributed by atoms with Crippen molar-refractivity contribution in [3.8, 4) is 11.5 Å². The third-order valence-corrected chi connectivity index (χ3v) is 3.76.